The quantitative estimate of drug-likeness (QED) is 0.709. The van der Waals surface area contributed by atoms with E-state index < -0.39 is 26.8 Å². The van der Waals surface area contributed by atoms with Crippen molar-refractivity contribution in [2.24, 2.45) is 5.92 Å². The summed E-state index contributed by atoms with van der Waals surface area (Å²) in [5.41, 5.74) is 0. The molecule has 1 aromatic carbocycles. The second-order valence-electron chi connectivity index (χ2n) is 6.31. The predicted octanol–water partition coefficient (Wildman–Crippen LogP) is 0.997. The zero-order valence-electron chi connectivity index (χ0n) is 13.9. The summed E-state index contributed by atoms with van der Waals surface area (Å²) in [6.45, 7) is 5.13. The number of carbonyl (C=O) groups is 1. The van der Waals surface area contributed by atoms with Gasteiger partial charge in [0.25, 0.3) is 0 Å². The van der Waals surface area contributed by atoms with Crippen molar-refractivity contribution < 1.29 is 17.6 Å². The molecule has 0 spiro atoms. The number of amides is 1. The Kier molecular flexibility index (Phi) is 6.31. The molecular weight excluding hydrogens is 333 g/mol. The first-order valence-electron chi connectivity index (χ1n) is 8.09. The fourth-order valence-electron chi connectivity index (χ4n) is 2.64. The minimum absolute atomic E-state index is 0.0259. The van der Waals surface area contributed by atoms with Gasteiger partial charge in [0.2, 0.25) is 15.9 Å². The third kappa shape index (κ3) is 4.75. The van der Waals surface area contributed by atoms with Gasteiger partial charge in [0.1, 0.15) is 16.8 Å². The lowest BCUT2D eigenvalue weighted by Gasteiger charge is -2.28. The van der Waals surface area contributed by atoms with E-state index in [9.17, 15) is 17.6 Å². The smallest absolute Gasteiger partial charge is 0.244 e. The fourth-order valence-corrected chi connectivity index (χ4v) is 4.07. The van der Waals surface area contributed by atoms with Gasteiger partial charge in [-0.15, -0.1) is 0 Å². The maximum Gasteiger partial charge on any atom is 0.244 e. The summed E-state index contributed by atoms with van der Waals surface area (Å²) < 4.78 is 41.0. The molecule has 2 rings (SSSR count). The molecule has 0 radical (unpaired) electrons. The minimum atomic E-state index is -4.12. The van der Waals surface area contributed by atoms with Crippen LogP contribution in [0.25, 0.3) is 0 Å². The zero-order chi connectivity index (χ0) is 17.7. The zero-order valence-corrected chi connectivity index (χ0v) is 14.7. The summed E-state index contributed by atoms with van der Waals surface area (Å²) in [7, 11) is -4.12. The Labute approximate surface area is 142 Å². The van der Waals surface area contributed by atoms with Gasteiger partial charge in [-0.25, -0.2) is 12.8 Å². The van der Waals surface area contributed by atoms with E-state index in [-0.39, 0.29) is 17.9 Å². The molecule has 0 aromatic heterocycles. The number of sulfonamides is 1. The number of hydrogen-bond acceptors (Lipinski definition) is 4. The van der Waals surface area contributed by atoms with E-state index >= 15 is 0 Å². The SMILES string of the molecule is CC(C)C(NS(=O)(=O)c1ccccc1F)C(=O)NC1CCNCC1. The van der Waals surface area contributed by atoms with E-state index in [1.54, 1.807) is 13.8 Å². The lowest BCUT2D eigenvalue weighted by Crippen LogP contribution is -2.53. The van der Waals surface area contributed by atoms with Crippen molar-refractivity contribution in [3.8, 4) is 0 Å². The standard InChI is InChI=1S/C16H24FN3O3S/c1-11(2)15(16(21)19-12-7-9-18-10-8-12)20-24(22,23)14-6-4-3-5-13(14)17/h3-6,11-12,15,18,20H,7-10H2,1-2H3,(H,19,21). The van der Waals surface area contributed by atoms with Gasteiger partial charge in [0, 0.05) is 6.04 Å². The van der Waals surface area contributed by atoms with Gasteiger partial charge in [-0.05, 0) is 44.0 Å². The van der Waals surface area contributed by atoms with Crippen LogP contribution >= 0.6 is 0 Å². The van der Waals surface area contributed by atoms with Crippen LogP contribution in [0.15, 0.2) is 29.2 Å². The first-order chi connectivity index (χ1) is 11.3. The maximum absolute atomic E-state index is 13.8. The van der Waals surface area contributed by atoms with Crippen LogP contribution in [0.4, 0.5) is 4.39 Å². The summed E-state index contributed by atoms with van der Waals surface area (Å²) in [4.78, 5) is 12.0. The Bertz CT molecular complexity index is 673. The minimum Gasteiger partial charge on any atom is -0.352 e. The van der Waals surface area contributed by atoms with Gasteiger partial charge in [0.05, 0.1) is 0 Å². The molecule has 8 heteroatoms. The number of piperidine rings is 1. The molecule has 0 saturated carbocycles. The first kappa shape index (κ1) is 18.8. The van der Waals surface area contributed by atoms with Gasteiger partial charge in [-0.1, -0.05) is 26.0 Å². The third-order valence-electron chi connectivity index (χ3n) is 4.04. The second kappa shape index (κ2) is 8.04. The summed E-state index contributed by atoms with van der Waals surface area (Å²) in [6, 6.07) is 4.19. The first-order valence-corrected chi connectivity index (χ1v) is 9.57. The van der Waals surface area contributed by atoms with E-state index in [1.807, 2.05) is 0 Å². The van der Waals surface area contributed by atoms with Crippen LogP contribution in [0.1, 0.15) is 26.7 Å². The molecule has 1 saturated heterocycles. The number of halogens is 1. The van der Waals surface area contributed by atoms with Crippen molar-refractivity contribution >= 4 is 15.9 Å². The molecule has 3 N–H and O–H groups in total. The molecule has 134 valence electrons. The van der Waals surface area contributed by atoms with E-state index in [2.05, 4.69) is 15.4 Å². The normalized spacial score (nSPS) is 17.7. The van der Waals surface area contributed by atoms with Gasteiger partial charge in [0.15, 0.2) is 0 Å². The van der Waals surface area contributed by atoms with Crippen molar-refractivity contribution in [2.45, 2.75) is 43.7 Å². The van der Waals surface area contributed by atoms with E-state index in [0.29, 0.717) is 0 Å². The van der Waals surface area contributed by atoms with Gasteiger partial charge < -0.3 is 10.6 Å². The molecule has 1 aliphatic heterocycles. The van der Waals surface area contributed by atoms with Crippen LogP contribution in [0.5, 0.6) is 0 Å². The molecule has 1 amide bonds. The lowest BCUT2D eigenvalue weighted by atomic mass is 10.0. The Morgan fingerprint density at radius 1 is 1.25 bits per heavy atom. The summed E-state index contributed by atoms with van der Waals surface area (Å²) in [6.07, 6.45) is 1.60. The van der Waals surface area contributed by atoms with Gasteiger partial charge >= 0.3 is 0 Å². The molecule has 24 heavy (non-hydrogen) atoms. The third-order valence-corrected chi connectivity index (χ3v) is 5.52. The summed E-state index contributed by atoms with van der Waals surface area (Å²) in [5.74, 6) is -1.49. The number of nitrogens with one attached hydrogen (secondary N) is 3. The van der Waals surface area contributed by atoms with Crippen LogP contribution in [-0.4, -0.2) is 39.5 Å². The highest BCUT2D eigenvalue weighted by molar-refractivity contribution is 7.89. The average molecular weight is 357 g/mol. The van der Waals surface area contributed by atoms with Gasteiger partial charge in [-0.2, -0.15) is 4.72 Å². The molecule has 1 fully saturated rings. The van der Waals surface area contributed by atoms with Crippen molar-refractivity contribution in [1.82, 2.24) is 15.4 Å². The largest absolute Gasteiger partial charge is 0.352 e. The van der Waals surface area contributed by atoms with E-state index in [1.165, 1.54) is 18.2 Å². The molecule has 1 atom stereocenters. The number of hydrogen-bond donors (Lipinski definition) is 3. The fraction of sp³-hybridized carbons (Fsp3) is 0.562. The molecule has 1 heterocycles. The average Bonchev–Trinajstić information content (AvgIpc) is 2.53. The van der Waals surface area contributed by atoms with Crippen LogP contribution in [-0.2, 0) is 14.8 Å². The summed E-state index contributed by atoms with van der Waals surface area (Å²) in [5, 5.41) is 6.09. The lowest BCUT2D eigenvalue weighted by molar-refractivity contribution is -0.124. The van der Waals surface area contributed by atoms with E-state index in [0.717, 1.165) is 32.0 Å². The van der Waals surface area contributed by atoms with Crippen molar-refractivity contribution in [3.63, 3.8) is 0 Å². The highest BCUT2D eigenvalue weighted by Gasteiger charge is 2.31. The molecular formula is C16H24FN3O3S. The molecule has 1 unspecified atom stereocenters. The Hall–Kier alpha value is -1.51. The van der Waals surface area contributed by atoms with Crippen LogP contribution in [0.2, 0.25) is 0 Å². The van der Waals surface area contributed by atoms with Crippen LogP contribution < -0.4 is 15.4 Å². The van der Waals surface area contributed by atoms with Crippen LogP contribution in [0.3, 0.4) is 0 Å². The monoisotopic (exact) mass is 357 g/mol. The molecule has 1 aromatic rings. The Balaban J connectivity index is 2.12. The predicted molar refractivity (Wildman–Crippen MR) is 89.4 cm³/mol. The van der Waals surface area contributed by atoms with Crippen molar-refractivity contribution in [2.75, 3.05) is 13.1 Å². The maximum atomic E-state index is 13.8. The number of rotatable bonds is 6. The topological polar surface area (TPSA) is 87.3 Å². The number of carbonyl (C=O) groups excluding carboxylic acids is 1. The summed E-state index contributed by atoms with van der Waals surface area (Å²) >= 11 is 0. The molecule has 0 bridgehead atoms. The van der Waals surface area contributed by atoms with Gasteiger partial charge in [-0.3, -0.25) is 4.79 Å². The Morgan fingerprint density at radius 3 is 2.46 bits per heavy atom. The van der Waals surface area contributed by atoms with E-state index in [4.69, 9.17) is 0 Å². The molecule has 1 aliphatic rings. The van der Waals surface area contributed by atoms with Crippen LogP contribution in [0, 0.1) is 11.7 Å². The highest BCUT2D eigenvalue weighted by Crippen LogP contribution is 2.16. The molecule has 6 nitrogen and oxygen atoms in total. The molecule has 0 aliphatic carbocycles. The van der Waals surface area contributed by atoms with Crippen molar-refractivity contribution in [1.29, 1.82) is 0 Å². The van der Waals surface area contributed by atoms with Crippen molar-refractivity contribution in [3.05, 3.63) is 30.1 Å². The number of benzene rings is 1. The second-order valence-corrected chi connectivity index (χ2v) is 7.99. The highest BCUT2D eigenvalue weighted by atomic mass is 32.2. The Morgan fingerprint density at radius 2 is 1.88 bits per heavy atom.